The third kappa shape index (κ3) is 2.30. The van der Waals surface area contributed by atoms with Crippen molar-refractivity contribution in [2.45, 2.75) is 11.8 Å². The van der Waals surface area contributed by atoms with Crippen molar-refractivity contribution in [3.05, 3.63) is 29.3 Å². The fourth-order valence-corrected chi connectivity index (χ4v) is 1.70. The van der Waals surface area contributed by atoms with Crippen LogP contribution in [0.1, 0.15) is 15.9 Å². The molecule has 0 saturated heterocycles. The van der Waals surface area contributed by atoms with Gasteiger partial charge in [0.15, 0.2) is 0 Å². The van der Waals surface area contributed by atoms with Crippen molar-refractivity contribution in [3.63, 3.8) is 0 Å². The molecule has 1 rings (SSSR count). The Hall–Kier alpha value is -1.40. The van der Waals surface area contributed by atoms with E-state index in [-0.39, 0.29) is 10.5 Å². The lowest BCUT2D eigenvalue weighted by atomic mass is 10.1. The number of primary sulfonamides is 1. The Morgan fingerprint density at radius 2 is 1.86 bits per heavy atom. The molecule has 1 amide bonds. The van der Waals surface area contributed by atoms with Gasteiger partial charge in [0.25, 0.3) is 0 Å². The van der Waals surface area contributed by atoms with Crippen LogP contribution in [0.5, 0.6) is 0 Å². The van der Waals surface area contributed by atoms with Gasteiger partial charge >= 0.3 is 0 Å². The highest BCUT2D eigenvalue weighted by Crippen LogP contribution is 2.12. The zero-order valence-corrected chi connectivity index (χ0v) is 8.34. The van der Waals surface area contributed by atoms with Crippen LogP contribution >= 0.6 is 0 Å². The van der Waals surface area contributed by atoms with E-state index in [1.807, 2.05) is 0 Å². The first-order chi connectivity index (χ1) is 6.30. The number of aryl methyl sites for hydroxylation is 1. The van der Waals surface area contributed by atoms with E-state index in [0.717, 1.165) is 6.07 Å². The average molecular weight is 214 g/mol. The lowest BCUT2D eigenvalue weighted by Gasteiger charge is -2.02. The molecule has 14 heavy (non-hydrogen) atoms. The normalized spacial score (nSPS) is 11.3. The number of carbonyl (C=O) groups excluding carboxylic acids is 1. The molecule has 1 aromatic carbocycles. The summed E-state index contributed by atoms with van der Waals surface area (Å²) in [6, 6.07) is 4.03. The minimum absolute atomic E-state index is 0.105. The minimum Gasteiger partial charge on any atom is -0.366 e. The lowest BCUT2D eigenvalue weighted by Crippen LogP contribution is -2.16. The van der Waals surface area contributed by atoms with E-state index >= 15 is 0 Å². The molecule has 0 aliphatic heterocycles. The molecule has 6 heteroatoms. The number of primary amides is 1. The van der Waals surface area contributed by atoms with E-state index < -0.39 is 15.9 Å². The van der Waals surface area contributed by atoms with Crippen molar-refractivity contribution in [2.24, 2.45) is 10.9 Å². The number of sulfonamides is 1. The summed E-state index contributed by atoms with van der Waals surface area (Å²) in [4.78, 5) is 10.7. The van der Waals surface area contributed by atoms with E-state index in [9.17, 15) is 13.2 Å². The lowest BCUT2D eigenvalue weighted by molar-refractivity contribution is 0.1000. The quantitative estimate of drug-likeness (QED) is 0.708. The van der Waals surface area contributed by atoms with Crippen LogP contribution in [0.4, 0.5) is 0 Å². The van der Waals surface area contributed by atoms with Crippen molar-refractivity contribution in [1.82, 2.24) is 0 Å². The van der Waals surface area contributed by atoms with Crippen LogP contribution in [0, 0.1) is 6.92 Å². The van der Waals surface area contributed by atoms with Crippen LogP contribution in [0.15, 0.2) is 23.1 Å². The van der Waals surface area contributed by atoms with Gasteiger partial charge in [0, 0.05) is 5.56 Å². The fourth-order valence-electron chi connectivity index (χ4n) is 1.05. The van der Waals surface area contributed by atoms with Crippen molar-refractivity contribution >= 4 is 15.9 Å². The van der Waals surface area contributed by atoms with Gasteiger partial charge in [0.2, 0.25) is 15.9 Å². The third-order valence-corrected chi connectivity index (χ3v) is 2.56. The predicted octanol–water partition coefficient (Wildman–Crippen LogP) is -0.259. The number of rotatable bonds is 2. The molecule has 0 bridgehead atoms. The Kier molecular flexibility index (Phi) is 2.59. The molecule has 0 aliphatic rings. The first kappa shape index (κ1) is 10.7. The first-order valence-corrected chi connectivity index (χ1v) is 5.29. The summed E-state index contributed by atoms with van der Waals surface area (Å²) < 4.78 is 22.0. The van der Waals surface area contributed by atoms with Crippen molar-refractivity contribution in [1.29, 1.82) is 0 Å². The molecule has 0 aromatic heterocycles. The van der Waals surface area contributed by atoms with Crippen LogP contribution in [0.3, 0.4) is 0 Å². The number of benzene rings is 1. The number of amides is 1. The highest BCUT2D eigenvalue weighted by atomic mass is 32.2. The van der Waals surface area contributed by atoms with Crippen LogP contribution in [-0.4, -0.2) is 14.3 Å². The third-order valence-electron chi connectivity index (χ3n) is 1.66. The predicted molar refractivity (Wildman–Crippen MR) is 51.1 cm³/mol. The van der Waals surface area contributed by atoms with Crippen LogP contribution in [0.25, 0.3) is 0 Å². The maximum atomic E-state index is 11.0. The Morgan fingerprint density at radius 1 is 1.29 bits per heavy atom. The topological polar surface area (TPSA) is 103 Å². The van der Waals surface area contributed by atoms with Crippen molar-refractivity contribution < 1.29 is 13.2 Å². The Bertz CT molecular complexity index is 479. The molecule has 0 atom stereocenters. The summed E-state index contributed by atoms with van der Waals surface area (Å²) in [6.07, 6.45) is 0. The molecule has 0 fully saturated rings. The fraction of sp³-hybridized carbons (Fsp3) is 0.125. The molecule has 0 aliphatic carbocycles. The second-order valence-electron chi connectivity index (χ2n) is 2.94. The molecule has 0 heterocycles. The highest BCUT2D eigenvalue weighted by Gasteiger charge is 2.11. The number of carbonyl (C=O) groups is 1. The molecule has 76 valence electrons. The van der Waals surface area contributed by atoms with Crippen molar-refractivity contribution in [2.75, 3.05) is 0 Å². The highest BCUT2D eigenvalue weighted by molar-refractivity contribution is 7.89. The molecule has 0 unspecified atom stereocenters. The van der Waals surface area contributed by atoms with Gasteiger partial charge < -0.3 is 5.73 Å². The molecular formula is C8H10N2O3S. The Morgan fingerprint density at radius 3 is 2.29 bits per heavy atom. The van der Waals surface area contributed by atoms with E-state index in [4.69, 9.17) is 10.9 Å². The van der Waals surface area contributed by atoms with Gasteiger partial charge in [-0.15, -0.1) is 0 Å². The maximum absolute atomic E-state index is 11.0. The Balaban J connectivity index is 3.43. The second kappa shape index (κ2) is 3.39. The Labute approximate surface area is 81.8 Å². The molecular weight excluding hydrogens is 204 g/mol. The summed E-state index contributed by atoms with van der Waals surface area (Å²) in [5, 5.41) is 4.91. The van der Waals surface area contributed by atoms with Gasteiger partial charge in [0.1, 0.15) is 0 Å². The van der Waals surface area contributed by atoms with Crippen LogP contribution in [0.2, 0.25) is 0 Å². The first-order valence-electron chi connectivity index (χ1n) is 3.75. The smallest absolute Gasteiger partial charge is 0.248 e. The summed E-state index contributed by atoms with van der Waals surface area (Å²) in [5.41, 5.74) is 5.77. The monoisotopic (exact) mass is 214 g/mol. The zero-order valence-electron chi connectivity index (χ0n) is 7.52. The SMILES string of the molecule is Cc1cc(C(N)=O)cc(S(N)(=O)=O)c1. The van der Waals surface area contributed by atoms with Gasteiger partial charge in [0.05, 0.1) is 4.90 Å². The molecule has 1 aromatic rings. The summed E-state index contributed by atoms with van der Waals surface area (Å²) >= 11 is 0. The molecule has 0 saturated carbocycles. The summed E-state index contributed by atoms with van der Waals surface area (Å²) in [7, 11) is -3.79. The van der Waals surface area contributed by atoms with Gasteiger partial charge in [-0.2, -0.15) is 0 Å². The molecule has 0 radical (unpaired) electrons. The second-order valence-corrected chi connectivity index (χ2v) is 4.51. The van der Waals surface area contributed by atoms with Gasteiger partial charge in [-0.25, -0.2) is 13.6 Å². The van der Waals surface area contributed by atoms with E-state index in [0.29, 0.717) is 5.56 Å². The maximum Gasteiger partial charge on any atom is 0.248 e. The minimum atomic E-state index is -3.79. The van der Waals surface area contributed by atoms with Gasteiger partial charge in [-0.3, -0.25) is 4.79 Å². The van der Waals surface area contributed by atoms with Gasteiger partial charge in [-0.1, -0.05) is 0 Å². The van der Waals surface area contributed by atoms with E-state index in [1.165, 1.54) is 12.1 Å². The van der Waals surface area contributed by atoms with Gasteiger partial charge in [-0.05, 0) is 30.7 Å². The largest absolute Gasteiger partial charge is 0.366 e. The molecule has 5 nitrogen and oxygen atoms in total. The van der Waals surface area contributed by atoms with Crippen LogP contribution in [-0.2, 0) is 10.0 Å². The zero-order chi connectivity index (χ0) is 10.9. The van der Waals surface area contributed by atoms with E-state index in [1.54, 1.807) is 6.92 Å². The van der Waals surface area contributed by atoms with Crippen LogP contribution < -0.4 is 10.9 Å². The summed E-state index contributed by atoms with van der Waals surface area (Å²) in [5.74, 6) is -0.682. The van der Waals surface area contributed by atoms with Crippen molar-refractivity contribution in [3.8, 4) is 0 Å². The average Bonchev–Trinajstić information content (AvgIpc) is 2.01. The number of hydrogen-bond donors (Lipinski definition) is 2. The summed E-state index contributed by atoms with van der Waals surface area (Å²) in [6.45, 7) is 1.65. The number of hydrogen-bond acceptors (Lipinski definition) is 3. The molecule has 0 spiro atoms. The molecule has 4 N–H and O–H groups in total. The van der Waals surface area contributed by atoms with E-state index in [2.05, 4.69) is 0 Å². The number of nitrogens with two attached hydrogens (primary N) is 2. The standard InChI is InChI=1S/C8H10N2O3S/c1-5-2-6(8(9)11)4-7(3-5)14(10,12)13/h2-4H,1H3,(H2,9,11)(H2,10,12,13).